The van der Waals surface area contributed by atoms with E-state index in [1.54, 1.807) is 0 Å². The molecular weight excluding hydrogens is 172 g/mol. The molecule has 1 fully saturated rings. The van der Waals surface area contributed by atoms with Crippen LogP contribution in [-0.2, 0) is 0 Å². The van der Waals surface area contributed by atoms with Gasteiger partial charge in [-0.3, -0.25) is 9.80 Å². The zero-order valence-corrected chi connectivity index (χ0v) is 10.8. The van der Waals surface area contributed by atoms with Gasteiger partial charge in [-0.2, -0.15) is 0 Å². The lowest BCUT2D eigenvalue weighted by Gasteiger charge is -2.41. The van der Waals surface area contributed by atoms with Crippen LogP contribution in [0.15, 0.2) is 0 Å². The summed E-state index contributed by atoms with van der Waals surface area (Å²) in [5.74, 6) is 0. The van der Waals surface area contributed by atoms with E-state index in [4.69, 9.17) is 0 Å². The fourth-order valence-electron chi connectivity index (χ4n) is 2.98. The van der Waals surface area contributed by atoms with Crippen LogP contribution in [0.25, 0.3) is 0 Å². The van der Waals surface area contributed by atoms with E-state index in [2.05, 4.69) is 58.4 Å². The lowest BCUT2D eigenvalue weighted by atomic mass is 9.90. The summed E-state index contributed by atoms with van der Waals surface area (Å²) >= 11 is 0. The molecule has 0 saturated carbocycles. The van der Waals surface area contributed by atoms with E-state index in [-0.39, 0.29) is 0 Å². The predicted octanol–water partition coefficient (Wildman–Crippen LogP) is 2.40. The number of likely N-dealkylation sites (N-methyl/N-ethyl adjacent to an activating group) is 1. The van der Waals surface area contributed by atoms with Crippen molar-refractivity contribution < 1.29 is 0 Å². The molecule has 0 aromatic heterocycles. The Labute approximate surface area is 89.3 Å². The molecule has 2 nitrogen and oxygen atoms in total. The van der Waals surface area contributed by atoms with E-state index in [0.29, 0.717) is 23.7 Å². The van der Waals surface area contributed by atoms with Gasteiger partial charge in [0, 0.05) is 18.6 Å². The van der Waals surface area contributed by atoms with E-state index in [0.717, 1.165) is 0 Å². The summed E-state index contributed by atoms with van der Waals surface area (Å²) in [6.45, 7) is 15.1. The maximum Gasteiger partial charge on any atom is 0.0675 e. The molecule has 0 aromatic rings. The Morgan fingerprint density at radius 2 is 1.71 bits per heavy atom. The highest BCUT2D eigenvalue weighted by Crippen LogP contribution is 2.34. The summed E-state index contributed by atoms with van der Waals surface area (Å²) in [7, 11) is 2.24. The SMILES string of the molecule is CC(C)N1C(C(C)(C)C)N(C)C[C@@H]1C. The molecule has 0 aliphatic carbocycles. The highest BCUT2D eigenvalue weighted by molar-refractivity contribution is 4.93. The van der Waals surface area contributed by atoms with Crippen molar-refractivity contribution in [3.63, 3.8) is 0 Å². The predicted molar refractivity (Wildman–Crippen MR) is 62.3 cm³/mol. The van der Waals surface area contributed by atoms with Crippen LogP contribution in [0.3, 0.4) is 0 Å². The monoisotopic (exact) mass is 198 g/mol. The summed E-state index contributed by atoms with van der Waals surface area (Å²) in [5, 5.41) is 0. The van der Waals surface area contributed by atoms with Gasteiger partial charge in [-0.1, -0.05) is 20.8 Å². The maximum absolute atomic E-state index is 2.64. The second kappa shape index (κ2) is 3.82. The molecule has 0 aromatic carbocycles. The van der Waals surface area contributed by atoms with Crippen LogP contribution >= 0.6 is 0 Å². The second-order valence-electron chi connectivity index (χ2n) is 6.07. The highest BCUT2D eigenvalue weighted by Gasteiger charge is 2.42. The van der Waals surface area contributed by atoms with E-state index < -0.39 is 0 Å². The van der Waals surface area contributed by atoms with Crippen molar-refractivity contribution >= 4 is 0 Å². The van der Waals surface area contributed by atoms with Gasteiger partial charge in [-0.15, -0.1) is 0 Å². The molecule has 0 amide bonds. The van der Waals surface area contributed by atoms with Crippen molar-refractivity contribution in [3.8, 4) is 0 Å². The molecule has 84 valence electrons. The van der Waals surface area contributed by atoms with Crippen LogP contribution in [0, 0.1) is 5.41 Å². The topological polar surface area (TPSA) is 6.48 Å². The summed E-state index contributed by atoms with van der Waals surface area (Å²) in [4.78, 5) is 5.13. The average Bonchev–Trinajstić information content (AvgIpc) is 2.23. The third-order valence-electron chi connectivity index (χ3n) is 3.13. The fourth-order valence-corrected chi connectivity index (χ4v) is 2.98. The standard InChI is InChI=1S/C12H26N2/c1-9(2)14-10(3)8-13(7)11(14)12(4,5)6/h9-11H,8H2,1-7H3/t10-,11?/m0/s1. The van der Waals surface area contributed by atoms with Crippen LogP contribution in [0.1, 0.15) is 41.5 Å². The van der Waals surface area contributed by atoms with Gasteiger partial charge in [0.05, 0.1) is 6.17 Å². The van der Waals surface area contributed by atoms with Crippen LogP contribution in [-0.4, -0.2) is 41.6 Å². The van der Waals surface area contributed by atoms with Crippen LogP contribution in [0.5, 0.6) is 0 Å². The molecule has 1 aliphatic rings. The average molecular weight is 198 g/mol. The number of hydrogen-bond acceptors (Lipinski definition) is 2. The molecule has 2 atom stereocenters. The van der Waals surface area contributed by atoms with Gasteiger partial charge in [0.1, 0.15) is 0 Å². The van der Waals surface area contributed by atoms with Crippen LogP contribution < -0.4 is 0 Å². The maximum atomic E-state index is 2.64. The van der Waals surface area contributed by atoms with Gasteiger partial charge < -0.3 is 0 Å². The van der Waals surface area contributed by atoms with Gasteiger partial charge in [-0.05, 0) is 33.2 Å². The van der Waals surface area contributed by atoms with Crippen molar-refractivity contribution in [2.45, 2.75) is 59.8 Å². The highest BCUT2D eigenvalue weighted by atomic mass is 15.4. The molecular formula is C12H26N2. The van der Waals surface area contributed by atoms with Gasteiger partial charge in [-0.25, -0.2) is 0 Å². The molecule has 0 bridgehead atoms. The zero-order valence-electron chi connectivity index (χ0n) is 10.8. The fraction of sp³-hybridized carbons (Fsp3) is 1.00. The van der Waals surface area contributed by atoms with Crippen molar-refractivity contribution in [2.24, 2.45) is 5.41 Å². The molecule has 1 heterocycles. The quantitative estimate of drug-likeness (QED) is 0.638. The third-order valence-corrected chi connectivity index (χ3v) is 3.13. The van der Waals surface area contributed by atoms with Gasteiger partial charge in [0.2, 0.25) is 0 Å². The molecule has 1 aliphatic heterocycles. The largest absolute Gasteiger partial charge is 0.289 e. The van der Waals surface area contributed by atoms with Gasteiger partial charge >= 0.3 is 0 Å². The first kappa shape index (κ1) is 12.0. The second-order valence-corrected chi connectivity index (χ2v) is 6.07. The number of hydrogen-bond donors (Lipinski definition) is 0. The smallest absolute Gasteiger partial charge is 0.0675 e. The first-order valence-corrected chi connectivity index (χ1v) is 5.73. The molecule has 1 unspecified atom stereocenters. The van der Waals surface area contributed by atoms with E-state index >= 15 is 0 Å². The first-order valence-electron chi connectivity index (χ1n) is 5.73. The summed E-state index contributed by atoms with van der Waals surface area (Å²) in [6.07, 6.45) is 0.581. The Morgan fingerprint density at radius 3 is 2.00 bits per heavy atom. The Kier molecular flexibility index (Phi) is 3.27. The third kappa shape index (κ3) is 2.12. The summed E-state index contributed by atoms with van der Waals surface area (Å²) in [5.41, 5.74) is 0.337. The Morgan fingerprint density at radius 1 is 1.21 bits per heavy atom. The minimum absolute atomic E-state index is 0.337. The molecule has 2 heteroatoms. The van der Waals surface area contributed by atoms with E-state index in [1.165, 1.54) is 6.54 Å². The molecule has 1 saturated heterocycles. The molecule has 0 radical (unpaired) electrons. The number of nitrogens with zero attached hydrogens (tertiary/aromatic N) is 2. The van der Waals surface area contributed by atoms with Crippen LogP contribution in [0.4, 0.5) is 0 Å². The zero-order chi connectivity index (χ0) is 11.1. The molecule has 0 spiro atoms. The van der Waals surface area contributed by atoms with Crippen molar-refractivity contribution in [2.75, 3.05) is 13.6 Å². The van der Waals surface area contributed by atoms with Gasteiger partial charge in [0.15, 0.2) is 0 Å². The van der Waals surface area contributed by atoms with E-state index in [1.807, 2.05) is 0 Å². The van der Waals surface area contributed by atoms with Crippen molar-refractivity contribution in [1.29, 1.82) is 0 Å². The summed E-state index contributed by atoms with van der Waals surface area (Å²) < 4.78 is 0. The molecule has 0 N–H and O–H groups in total. The first-order chi connectivity index (χ1) is 6.25. The summed E-state index contributed by atoms with van der Waals surface area (Å²) in [6, 6.07) is 1.32. The van der Waals surface area contributed by atoms with Gasteiger partial charge in [0.25, 0.3) is 0 Å². The lowest BCUT2D eigenvalue weighted by molar-refractivity contribution is 0.0228. The van der Waals surface area contributed by atoms with Crippen molar-refractivity contribution in [3.05, 3.63) is 0 Å². The minimum atomic E-state index is 0.337. The minimum Gasteiger partial charge on any atom is -0.289 e. The molecule has 1 rings (SSSR count). The number of rotatable bonds is 1. The Hall–Kier alpha value is -0.0800. The van der Waals surface area contributed by atoms with Crippen LogP contribution in [0.2, 0.25) is 0 Å². The normalized spacial score (nSPS) is 31.7. The van der Waals surface area contributed by atoms with E-state index in [9.17, 15) is 0 Å². The Balaban J connectivity index is 2.89. The van der Waals surface area contributed by atoms with Crippen molar-refractivity contribution in [1.82, 2.24) is 9.80 Å². The molecule has 14 heavy (non-hydrogen) atoms. The lowest BCUT2D eigenvalue weighted by Crippen LogP contribution is -2.50. The Bertz CT molecular complexity index is 193.